The molecule has 1 aliphatic rings. The fourth-order valence-electron chi connectivity index (χ4n) is 6.09. The number of aromatic nitrogens is 15. The van der Waals surface area contributed by atoms with Gasteiger partial charge in [0.15, 0.2) is 23.7 Å². The molecule has 5 aromatic rings. The molecule has 0 aromatic carbocycles. The van der Waals surface area contributed by atoms with Crippen LogP contribution in [0.15, 0.2) is 38.4 Å². The Morgan fingerprint density at radius 2 is 1.05 bits per heavy atom. The van der Waals surface area contributed by atoms with E-state index in [4.69, 9.17) is 4.42 Å². The Morgan fingerprint density at radius 1 is 0.487 bits per heavy atom. The smallest absolute Gasteiger partial charge is 0.219 e. The summed E-state index contributed by atoms with van der Waals surface area (Å²) < 4.78 is 11.2. The third-order valence-electron chi connectivity index (χ3n) is 9.87. The van der Waals surface area contributed by atoms with Crippen LogP contribution in [0, 0.1) is 41.4 Å². The van der Waals surface area contributed by atoms with E-state index in [1.54, 1.807) is 4.80 Å². The molecule has 0 bridgehead atoms. The highest BCUT2D eigenvalue weighted by atomic mass is 16.4. The highest BCUT2D eigenvalue weighted by Crippen LogP contribution is 2.18. The second-order valence-electron chi connectivity index (χ2n) is 23.2. The lowest BCUT2D eigenvalue weighted by atomic mass is 10.1. The molecular weight excluding hydrogens is 953 g/mol. The average Bonchev–Trinajstić information content (AvgIpc) is 4.11. The normalized spacial score (nSPS) is 12.6. The van der Waals surface area contributed by atoms with Gasteiger partial charge in [-0.3, -0.25) is 9.36 Å². The van der Waals surface area contributed by atoms with Crippen molar-refractivity contribution in [3.05, 3.63) is 53.5 Å². The minimum atomic E-state index is 0. The van der Waals surface area contributed by atoms with Crippen molar-refractivity contribution in [2.45, 2.75) is 271 Å². The second-order valence-corrected chi connectivity index (χ2v) is 23.2. The van der Waals surface area contributed by atoms with E-state index in [9.17, 15) is 0 Å². The molecule has 0 amide bonds. The maximum absolute atomic E-state index is 5.43. The fraction of sp³-hybridized carbons (Fsp3) is 0.825. The van der Waals surface area contributed by atoms with Gasteiger partial charge < -0.3 is 4.42 Å². The maximum atomic E-state index is 5.43. The van der Waals surface area contributed by atoms with E-state index in [1.807, 2.05) is 46.6 Å². The van der Waals surface area contributed by atoms with Gasteiger partial charge in [-0.1, -0.05) is 192 Å². The molecule has 6 heterocycles. The van der Waals surface area contributed by atoms with Crippen molar-refractivity contribution in [1.29, 1.82) is 0 Å². The van der Waals surface area contributed by atoms with E-state index in [0.717, 1.165) is 79.6 Å². The molecule has 0 radical (unpaired) electrons. The van der Waals surface area contributed by atoms with Gasteiger partial charge in [-0.05, 0) is 73.3 Å². The topological polar surface area (TPSA) is 212 Å². The number of tetrazole rings is 1. The van der Waals surface area contributed by atoms with Crippen LogP contribution in [0.25, 0.3) is 0 Å². The highest BCUT2D eigenvalue weighted by molar-refractivity contribution is 5.85. The molecule has 19 heteroatoms. The van der Waals surface area contributed by atoms with Gasteiger partial charge in [-0.2, -0.15) is 15.0 Å². The van der Waals surface area contributed by atoms with Crippen LogP contribution in [0.4, 0.5) is 0 Å². The molecule has 0 N–H and O–H groups in total. The minimum Gasteiger partial charge on any atom is -0.425 e. The monoisotopic (exact) mass is 1070 g/mol. The van der Waals surface area contributed by atoms with Crippen molar-refractivity contribution in [2.75, 3.05) is 0 Å². The quantitative estimate of drug-likeness (QED) is 0.0802. The molecule has 0 fully saturated rings. The average molecular weight is 1070 g/mol. The molecule has 440 valence electrons. The van der Waals surface area contributed by atoms with E-state index in [2.05, 4.69) is 224 Å². The Kier molecular flexibility index (Phi) is 40.9. The van der Waals surface area contributed by atoms with E-state index in [-0.39, 0.29) is 35.9 Å². The van der Waals surface area contributed by atoms with Gasteiger partial charge in [-0.15, -0.1) is 35.7 Å². The number of amidine groups is 1. The van der Waals surface area contributed by atoms with Crippen LogP contribution in [0.3, 0.4) is 0 Å². The molecule has 0 spiro atoms. The Hall–Kier alpha value is -5.10. The Balaban J connectivity index is -0.000000405. The first-order valence-corrected chi connectivity index (χ1v) is 26.8. The molecule has 6 rings (SSSR count). The van der Waals surface area contributed by atoms with Gasteiger partial charge in [0, 0.05) is 61.6 Å². The lowest BCUT2D eigenvalue weighted by molar-refractivity contribution is 0.412. The number of azo groups is 1. The van der Waals surface area contributed by atoms with Crippen molar-refractivity contribution < 1.29 is 4.42 Å². The molecule has 76 heavy (non-hydrogen) atoms. The fourth-order valence-corrected chi connectivity index (χ4v) is 6.09. The van der Waals surface area contributed by atoms with Crippen LogP contribution in [-0.2, 0) is 32.5 Å². The molecule has 5 aromatic heterocycles. The first kappa shape index (κ1) is 77.4. The van der Waals surface area contributed by atoms with Crippen molar-refractivity contribution in [3.63, 3.8) is 0 Å². The number of nitrogens with zero attached hydrogens (tertiary/aromatic N) is 18. The van der Waals surface area contributed by atoms with Crippen LogP contribution >= 0.6 is 0 Å². The number of rotatable bonds is 18. The zero-order valence-corrected chi connectivity index (χ0v) is 49.4. The maximum Gasteiger partial charge on any atom is 0.219 e. The van der Waals surface area contributed by atoms with Crippen LogP contribution in [0.5, 0.6) is 0 Å². The summed E-state index contributed by atoms with van der Waals surface area (Å²) in [7, 11) is 0. The van der Waals surface area contributed by atoms with Gasteiger partial charge in [0.25, 0.3) is 0 Å². The number of hydrogen-bond acceptors (Lipinski definition) is 15. The minimum absolute atomic E-state index is 0. The molecular formula is C57H116N18O. The summed E-state index contributed by atoms with van der Waals surface area (Å²) in [6, 6.07) is 0.415. The first-order valence-electron chi connectivity index (χ1n) is 26.8. The number of hydrogen-bond donors (Lipinski definition) is 0. The third-order valence-corrected chi connectivity index (χ3v) is 9.87. The largest absolute Gasteiger partial charge is 0.425 e. The van der Waals surface area contributed by atoms with E-state index < -0.39 is 0 Å². The lowest BCUT2D eigenvalue weighted by Crippen LogP contribution is -2.08. The van der Waals surface area contributed by atoms with Gasteiger partial charge in [-0.25, -0.2) is 14.7 Å². The van der Waals surface area contributed by atoms with Gasteiger partial charge in [0.1, 0.15) is 6.33 Å². The molecule has 1 unspecified atom stereocenters. The summed E-state index contributed by atoms with van der Waals surface area (Å²) in [5.74, 6) is 9.89. The number of aliphatic imine (C=N–C) groups is 1. The summed E-state index contributed by atoms with van der Waals surface area (Å²) >= 11 is 0. The molecule has 0 aliphatic carbocycles. The second kappa shape index (κ2) is 40.2. The van der Waals surface area contributed by atoms with Crippen molar-refractivity contribution in [3.8, 4) is 0 Å². The zero-order valence-electron chi connectivity index (χ0n) is 49.4. The summed E-state index contributed by atoms with van der Waals surface area (Å²) in [5, 5.41) is 48.8. The predicted molar refractivity (Wildman–Crippen MR) is 318 cm³/mol. The van der Waals surface area contributed by atoms with Crippen molar-refractivity contribution in [2.24, 2.45) is 56.6 Å². The zero-order chi connectivity index (χ0) is 54.8. The predicted octanol–water partition coefficient (Wildman–Crippen LogP) is 15.4. The molecule has 1 atom stereocenters. The van der Waals surface area contributed by atoms with E-state index >= 15 is 0 Å². The van der Waals surface area contributed by atoms with Crippen LogP contribution in [0.2, 0.25) is 0 Å². The van der Waals surface area contributed by atoms with Crippen molar-refractivity contribution in [1.82, 2.24) is 75.2 Å². The van der Waals surface area contributed by atoms with Crippen molar-refractivity contribution >= 4 is 5.84 Å². The SMILES string of the molecule is C.C.C.C.CC(C)CC1N=NC(C(C)C)=N1.CC(C)Cc1cn(C(C)C)nn1.CC(C)Cc1nnc(C(C)C)o1.CC(C)Cn1cc(C(C)C)nn1.CC(C)Cn1cnc(C(C)C)n1.CC(C)Cn1nnc(C(C)C)n1. The lowest BCUT2D eigenvalue weighted by Gasteiger charge is -2.04. The van der Waals surface area contributed by atoms with Gasteiger partial charge in [0.2, 0.25) is 11.8 Å². The Bertz CT molecular complexity index is 1890. The molecule has 1 aliphatic heterocycles. The Morgan fingerprint density at radius 3 is 1.45 bits per heavy atom. The molecule has 19 nitrogen and oxygen atoms in total. The van der Waals surface area contributed by atoms with Gasteiger partial charge in [0.05, 0.1) is 17.9 Å². The van der Waals surface area contributed by atoms with Crippen LogP contribution < -0.4 is 0 Å². The highest BCUT2D eigenvalue weighted by Gasteiger charge is 2.17. The molecule has 0 saturated heterocycles. The Labute approximate surface area is 464 Å². The summed E-state index contributed by atoms with van der Waals surface area (Å²) in [4.78, 5) is 10.3. The van der Waals surface area contributed by atoms with Gasteiger partial charge >= 0.3 is 0 Å². The van der Waals surface area contributed by atoms with Crippen LogP contribution in [0.1, 0.15) is 267 Å². The third kappa shape index (κ3) is 33.8. The summed E-state index contributed by atoms with van der Waals surface area (Å²) in [6.45, 7) is 53.9. The standard InChI is InChI=1S/4C9H17N3.C9H16N2O.C8H16N4.4CH4/c1-7(2)5-12-6-10-9(11-12)8(3)4;1-7(2)5-12-6-9(8(3)4)10-11-12;1-7(2)5-9-6-12(8(3)4)11-10-9;1-6(2)5-8-10-9(7(3)4)12-11-8;1-6(2)5-8-10-11-9(12-8)7(3)4;1-6(2)5-12-10-8(7(3)4)9-11-12;;;;/h4*6-8H,5H2,1-4H3;2*6-7H,5H2,1-4H3;4*1H4. The first-order chi connectivity index (χ1) is 33.6. The summed E-state index contributed by atoms with van der Waals surface area (Å²) in [5.41, 5.74) is 2.18. The molecule has 0 saturated carbocycles. The van der Waals surface area contributed by atoms with Crippen LogP contribution in [-0.4, -0.2) is 87.2 Å². The van der Waals surface area contributed by atoms with E-state index in [1.165, 1.54) is 0 Å². The van der Waals surface area contributed by atoms with E-state index in [0.29, 0.717) is 71.1 Å². The summed E-state index contributed by atoms with van der Waals surface area (Å²) in [6.07, 6.45) is 8.89.